The van der Waals surface area contributed by atoms with Crippen molar-refractivity contribution in [2.75, 3.05) is 19.7 Å². The lowest BCUT2D eigenvalue weighted by atomic mass is 9.94. The average molecular weight is 321 g/mol. The lowest BCUT2D eigenvalue weighted by molar-refractivity contribution is 0.0159. The number of likely N-dealkylation sites (tertiary alicyclic amines) is 1. The van der Waals surface area contributed by atoms with E-state index in [-0.39, 0.29) is 6.09 Å². The normalized spacial score (nSPS) is 18.6. The van der Waals surface area contributed by atoms with Crippen LogP contribution >= 0.6 is 0 Å². The number of piperidine rings is 1. The summed E-state index contributed by atoms with van der Waals surface area (Å²) in [5, 5.41) is 0. The summed E-state index contributed by atoms with van der Waals surface area (Å²) < 4.78 is 11.0. The molecule has 0 aromatic carbocycles. The Labute approximate surface area is 138 Å². The largest absolute Gasteiger partial charge is 0.477 e. The number of nitrogens with zero attached hydrogens (tertiary/aromatic N) is 3. The Bertz CT molecular complexity index is 488. The molecule has 23 heavy (non-hydrogen) atoms. The van der Waals surface area contributed by atoms with Crippen molar-refractivity contribution < 1.29 is 14.3 Å². The van der Waals surface area contributed by atoms with Crippen molar-refractivity contribution in [1.29, 1.82) is 0 Å². The van der Waals surface area contributed by atoms with E-state index in [9.17, 15) is 4.79 Å². The number of amides is 1. The predicted octanol–water partition coefficient (Wildman–Crippen LogP) is 3.28. The Morgan fingerprint density at radius 2 is 2.22 bits per heavy atom. The zero-order valence-electron chi connectivity index (χ0n) is 14.3. The second kappa shape index (κ2) is 8.13. The number of aromatic nitrogens is 2. The molecule has 0 aliphatic carbocycles. The van der Waals surface area contributed by atoms with Gasteiger partial charge in [-0.05, 0) is 52.4 Å². The van der Waals surface area contributed by atoms with Gasteiger partial charge < -0.3 is 14.4 Å². The Morgan fingerprint density at radius 3 is 2.91 bits per heavy atom. The molecule has 1 aliphatic rings. The molecule has 2 rings (SSSR count). The second-order valence-electron chi connectivity index (χ2n) is 6.97. The molecule has 1 aliphatic heterocycles. The molecule has 1 aromatic rings. The van der Waals surface area contributed by atoms with Gasteiger partial charge in [0, 0.05) is 25.5 Å². The van der Waals surface area contributed by atoms with E-state index in [1.807, 2.05) is 25.7 Å². The van der Waals surface area contributed by atoms with E-state index in [0.717, 1.165) is 38.8 Å². The van der Waals surface area contributed by atoms with Gasteiger partial charge in [-0.1, -0.05) is 0 Å². The summed E-state index contributed by atoms with van der Waals surface area (Å²) in [6.45, 7) is 7.89. The van der Waals surface area contributed by atoms with E-state index in [1.54, 1.807) is 18.6 Å². The summed E-state index contributed by atoms with van der Waals surface area (Å²) in [6.07, 6.45) is 8.85. The van der Waals surface area contributed by atoms with Crippen LogP contribution in [-0.2, 0) is 4.74 Å². The van der Waals surface area contributed by atoms with Crippen LogP contribution in [0.2, 0.25) is 0 Å². The first kappa shape index (κ1) is 17.5. The quantitative estimate of drug-likeness (QED) is 0.779. The minimum Gasteiger partial charge on any atom is -0.477 e. The van der Waals surface area contributed by atoms with Gasteiger partial charge in [0.1, 0.15) is 5.60 Å². The maximum atomic E-state index is 12.1. The Kier molecular flexibility index (Phi) is 6.19. The van der Waals surface area contributed by atoms with Crippen LogP contribution in [0.5, 0.6) is 5.88 Å². The number of hydrogen-bond acceptors (Lipinski definition) is 5. The first-order valence-electron chi connectivity index (χ1n) is 8.31. The van der Waals surface area contributed by atoms with E-state index in [2.05, 4.69) is 9.97 Å². The van der Waals surface area contributed by atoms with Crippen LogP contribution in [0, 0.1) is 5.92 Å². The van der Waals surface area contributed by atoms with Crippen LogP contribution in [-0.4, -0.2) is 46.3 Å². The molecule has 1 fully saturated rings. The van der Waals surface area contributed by atoms with E-state index in [1.165, 1.54) is 0 Å². The molecular weight excluding hydrogens is 294 g/mol. The summed E-state index contributed by atoms with van der Waals surface area (Å²) in [5.74, 6) is 1.08. The predicted molar refractivity (Wildman–Crippen MR) is 87.3 cm³/mol. The van der Waals surface area contributed by atoms with Crippen molar-refractivity contribution in [1.82, 2.24) is 14.9 Å². The summed E-state index contributed by atoms with van der Waals surface area (Å²) >= 11 is 0. The smallest absolute Gasteiger partial charge is 0.410 e. The maximum absolute atomic E-state index is 12.1. The average Bonchev–Trinajstić information content (AvgIpc) is 2.51. The van der Waals surface area contributed by atoms with Crippen LogP contribution in [0.1, 0.15) is 46.5 Å². The van der Waals surface area contributed by atoms with Gasteiger partial charge in [-0.2, -0.15) is 0 Å². The molecular formula is C17H27N3O3. The summed E-state index contributed by atoms with van der Waals surface area (Å²) in [5.41, 5.74) is -0.436. The fourth-order valence-corrected chi connectivity index (χ4v) is 2.70. The van der Waals surface area contributed by atoms with Crippen LogP contribution in [0.3, 0.4) is 0 Å². The highest BCUT2D eigenvalue weighted by atomic mass is 16.6. The van der Waals surface area contributed by atoms with Gasteiger partial charge >= 0.3 is 6.09 Å². The molecule has 0 spiro atoms. The molecule has 1 saturated heterocycles. The summed E-state index contributed by atoms with van der Waals surface area (Å²) in [6, 6.07) is 0. The van der Waals surface area contributed by atoms with E-state index in [0.29, 0.717) is 18.4 Å². The number of rotatable bonds is 5. The van der Waals surface area contributed by atoms with Gasteiger partial charge in [-0.3, -0.25) is 4.98 Å². The molecule has 0 radical (unpaired) electrons. The molecule has 6 nitrogen and oxygen atoms in total. The molecule has 1 amide bonds. The molecule has 0 unspecified atom stereocenters. The molecule has 0 saturated carbocycles. The van der Waals surface area contributed by atoms with E-state index in [4.69, 9.17) is 9.47 Å². The highest BCUT2D eigenvalue weighted by molar-refractivity contribution is 5.68. The molecule has 1 aromatic heterocycles. The first-order valence-corrected chi connectivity index (χ1v) is 8.31. The van der Waals surface area contributed by atoms with Crippen molar-refractivity contribution in [2.24, 2.45) is 5.92 Å². The molecule has 128 valence electrons. The number of hydrogen-bond donors (Lipinski definition) is 0. The van der Waals surface area contributed by atoms with Crippen molar-refractivity contribution >= 4 is 6.09 Å². The van der Waals surface area contributed by atoms with Crippen LogP contribution in [0.4, 0.5) is 4.79 Å². The van der Waals surface area contributed by atoms with E-state index >= 15 is 0 Å². The Morgan fingerprint density at radius 1 is 1.39 bits per heavy atom. The van der Waals surface area contributed by atoms with Crippen LogP contribution in [0.25, 0.3) is 0 Å². The fraction of sp³-hybridized carbons (Fsp3) is 0.706. The molecule has 1 atom stereocenters. The van der Waals surface area contributed by atoms with Crippen molar-refractivity contribution in [3.63, 3.8) is 0 Å². The van der Waals surface area contributed by atoms with Crippen molar-refractivity contribution in [3.8, 4) is 5.88 Å². The zero-order chi connectivity index (χ0) is 16.7. The number of carbonyl (C=O) groups is 1. The van der Waals surface area contributed by atoms with Gasteiger partial charge in [0.15, 0.2) is 0 Å². The molecule has 6 heteroatoms. The van der Waals surface area contributed by atoms with Gasteiger partial charge in [0.25, 0.3) is 0 Å². The minimum atomic E-state index is -0.436. The Hall–Kier alpha value is -1.85. The van der Waals surface area contributed by atoms with Gasteiger partial charge in [0.05, 0.1) is 12.8 Å². The first-order chi connectivity index (χ1) is 10.9. The SMILES string of the molecule is CC(C)(C)OC(=O)N1CCC[C@H](CCCOc2cnccn2)C1. The standard InChI is InChI=1S/C17H27N3O3/c1-17(2,3)23-16(21)20-10-4-6-14(13-20)7-5-11-22-15-12-18-8-9-19-15/h8-9,12,14H,4-7,10-11,13H2,1-3H3/t14-/m1/s1. The topological polar surface area (TPSA) is 64.5 Å². The molecule has 2 heterocycles. The third-order valence-electron chi connectivity index (χ3n) is 3.72. The highest BCUT2D eigenvalue weighted by Crippen LogP contribution is 2.22. The summed E-state index contributed by atoms with van der Waals surface area (Å²) in [4.78, 5) is 22.0. The lowest BCUT2D eigenvalue weighted by Crippen LogP contribution is -2.42. The minimum absolute atomic E-state index is 0.196. The maximum Gasteiger partial charge on any atom is 0.410 e. The van der Waals surface area contributed by atoms with E-state index < -0.39 is 5.60 Å². The second-order valence-corrected chi connectivity index (χ2v) is 6.97. The molecule has 0 bridgehead atoms. The van der Waals surface area contributed by atoms with Crippen molar-refractivity contribution in [3.05, 3.63) is 18.6 Å². The van der Waals surface area contributed by atoms with Crippen LogP contribution in [0.15, 0.2) is 18.6 Å². The molecule has 0 N–H and O–H groups in total. The van der Waals surface area contributed by atoms with Gasteiger partial charge in [-0.15, -0.1) is 0 Å². The third-order valence-corrected chi connectivity index (χ3v) is 3.72. The fourth-order valence-electron chi connectivity index (χ4n) is 2.70. The number of ether oxygens (including phenoxy) is 2. The lowest BCUT2D eigenvalue weighted by Gasteiger charge is -2.34. The number of carbonyl (C=O) groups excluding carboxylic acids is 1. The highest BCUT2D eigenvalue weighted by Gasteiger charge is 2.27. The Balaban J connectivity index is 1.68. The van der Waals surface area contributed by atoms with Gasteiger partial charge in [-0.25, -0.2) is 9.78 Å². The zero-order valence-corrected chi connectivity index (χ0v) is 14.3. The van der Waals surface area contributed by atoms with Crippen molar-refractivity contribution in [2.45, 2.75) is 52.1 Å². The third kappa shape index (κ3) is 6.42. The van der Waals surface area contributed by atoms with Gasteiger partial charge in [0.2, 0.25) is 5.88 Å². The van der Waals surface area contributed by atoms with Crippen LogP contribution < -0.4 is 4.74 Å². The summed E-state index contributed by atoms with van der Waals surface area (Å²) in [7, 11) is 0. The monoisotopic (exact) mass is 321 g/mol.